The van der Waals surface area contributed by atoms with E-state index in [0.717, 1.165) is 0 Å². The quantitative estimate of drug-likeness (QED) is 0.872. The Morgan fingerprint density at radius 2 is 2.38 bits per heavy atom. The molecule has 1 aromatic rings. The van der Waals surface area contributed by atoms with E-state index in [1.807, 2.05) is 6.92 Å². The Hall–Kier alpha value is -2.38. The van der Waals surface area contributed by atoms with Crippen molar-refractivity contribution in [1.29, 1.82) is 0 Å². The minimum Gasteiger partial charge on any atom is -0.445 e. The van der Waals surface area contributed by atoms with Crippen LogP contribution >= 0.6 is 0 Å². The number of rotatable bonds is 5. The van der Waals surface area contributed by atoms with Crippen molar-refractivity contribution < 1.29 is 18.7 Å². The van der Waals surface area contributed by atoms with Gasteiger partial charge in [-0.1, -0.05) is 0 Å². The molecule has 0 atom stereocenters. The van der Waals surface area contributed by atoms with E-state index in [2.05, 4.69) is 9.84 Å². The van der Waals surface area contributed by atoms with Gasteiger partial charge in [0.2, 0.25) is 0 Å². The molecular formula is C13H17FN4O3. The molecule has 2 heterocycles. The summed E-state index contributed by atoms with van der Waals surface area (Å²) in [6.45, 7) is 3.04. The van der Waals surface area contributed by atoms with Crippen LogP contribution in [0.5, 0.6) is 0 Å². The van der Waals surface area contributed by atoms with Crippen molar-refractivity contribution in [2.75, 3.05) is 19.7 Å². The normalized spacial score (nSPS) is 15.0. The maximum absolute atomic E-state index is 12.8. The second-order valence-corrected chi connectivity index (χ2v) is 4.70. The molecule has 0 radical (unpaired) electrons. The van der Waals surface area contributed by atoms with E-state index >= 15 is 0 Å². The summed E-state index contributed by atoms with van der Waals surface area (Å²) < 4.78 is 18.8. The van der Waals surface area contributed by atoms with Gasteiger partial charge in [-0.25, -0.2) is 9.18 Å². The lowest BCUT2D eigenvalue weighted by atomic mass is 10.1. The van der Waals surface area contributed by atoms with E-state index in [4.69, 9.17) is 5.73 Å². The van der Waals surface area contributed by atoms with Gasteiger partial charge < -0.3 is 15.4 Å². The lowest BCUT2D eigenvalue weighted by Crippen LogP contribution is -2.36. The Kier molecular flexibility index (Phi) is 4.56. The number of nitrogens with zero attached hydrogens (tertiary/aromatic N) is 3. The van der Waals surface area contributed by atoms with E-state index in [0.29, 0.717) is 37.1 Å². The molecule has 7 nitrogen and oxygen atoms in total. The van der Waals surface area contributed by atoms with Gasteiger partial charge in [-0.15, -0.1) is 0 Å². The molecule has 2 amide bonds. The Morgan fingerprint density at radius 3 is 3.00 bits per heavy atom. The van der Waals surface area contributed by atoms with Gasteiger partial charge >= 0.3 is 6.09 Å². The third-order valence-electron chi connectivity index (χ3n) is 3.28. The van der Waals surface area contributed by atoms with Gasteiger partial charge in [-0.2, -0.15) is 5.10 Å². The summed E-state index contributed by atoms with van der Waals surface area (Å²) in [4.78, 5) is 24.4. The van der Waals surface area contributed by atoms with Crippen LogP contribution in [-0.2, 0) is 17.7 Å². The average Bonchev–Trinajstić information content (AvgIpc) is 2.87. The number of ether oxygens (including phenoxy) is 1. The van der Waals surface area contributed by atoms with E-state index in [9.17, 15) is 14.0 Å². The molecule has 0 unspecified atom stereocenters. The summed E-state index contributed by atoms with van der Waals surface area (Å²) >= 11 is 0. The highest BCUT2D eigenvalue weighted by Crippen LogP contribution is 2.18. The molecule has 21 heavy (non-hydrogen) atoms. The first-order valence-corrected chi connectivity index (χ1v) is 6.61. The van der Waals surface area contributed by atoms with Crippen LogP contribution in [0.2, 0.25) is 0 Å². The van der Waals surface area contributed by atoms with Crippen molar-refractivity contribution in [3.05, 3.63) is 29.4 Å². The van der Waals surface area contributed by atoms with Crippen LogP contribution in [0.25, 0.3) is 0 Å². The predicted octanol–water partition coefficient (Wildman–Crippen LogP) is 0.850. The molecule has 1 aromatic heterocycles. The molecule has 2 N–H and O–H groups in total. The first kappa shape index (κ1) is 15.0. The third kappa shape index (κ3) is 3.39. The zero-order valence-electron chi connectivity index (χ0n) is 11.7. The monoisotopic (exact) mass is 296 g/mol. The molecule has 0 aliphatic carbocycles. The number of carbonyl (C=O) groups is 2. The number of likely N-dealkylation sites (N-methyl/N-ethyl adjacent to an activating group) is 1. The summed E-state index contributed by atoms with van der Waals surface area (Å²) in [5, 5.41) is 4.27. The van der Waals surface area contributed by atoms with Crippen LogP contribution in [0.4, 0.5) is 9.18 Å². The zero-order valence-corrected chi connectivity index (χ0v) is 11.7. The molecule has 0 saturated heterocycles. The van der Waals surface area contributed by atoms with Crippen LogP contribution in [0.1, 0.15) is 23.0 Å². The number of nitrogens with two attached hydrogens (primary N) is 1. The fraction of sp³-hybridized carbons (Fsp3) is 0.462. The van der Waals surface area contributed by atoms with Gasteiger partial charge in [0.1, 0.15) is 6.61 Å². The molecule has 1 aliphatic heterocycles. The minimum absolute atomic E-state index is 0.0656. The van der Waals surface area contributed by atoms with E-state index in [1.54, 1.807) is 11.1 Å². The van der Waals surface area contributed by atoms with Crippen molar-refractivity contribution in [2.24, 2.45) is 5.73 Å². The van der Waals surface area contributed by atoms with Crippen LogP contribution in [0.15, 0.2) is 18.1 Å². The van der Waals surface area contributed by atoms with Crippen LogP contribution in [-0.4, -0.2) is 46.4 Å². The van der Waals surface area contributed by atoms with Gasteiger partial charge in [0, 0.05) is 31.3 Å². The largest absolute Gasteiger partial charge is 0.445 e. The zero-order chi connectivity index (χ0) is 15.4. The third-order valence-corrected chi connectivity index (χ3v) is 3.28. The topological polar surface area (TPSA) is 90.4 Å². The fourth-order valence-corrected chi connectivity index (χ4v) is 2.20. The molecule has 0 bridgehead atoms. The lowest BCUT2D eigenvalue weighted by Gasteiger charge is -2.24. The van der Waals surface area contributed by atoms with Gasteiger partial charge in [0.15, 0.2) is 0 Å². The minimum atomic E-state index is -0.970. The van der Waals surface area contributed by atoms with E-state index in [1.165, 1.54) is 4.68 Å². The average molecular weight is 296 g/mol. The molecule has 0 aromatic carbocycles. The maximum atomic E-state index is 12.8. The summed E-state index contributed by atoms with van der Waals surface area (Å²) in [6.07, 6.45) is 1.65. The highest BCUT2D eigenvalue weighted by Gasteiger charge is 2.26. The first-order chi connectivity index (χ1) is 10.0. The van der Waals surface area contributed by atoms with Gasteiger partial charge in [-0.05, 0) is 6.92 Å². The Balaban J connectivity index is 2.09. The first-order valence-electron chi connectivity index (χ1n) is 6.61. The highest BCUT2D eigenvalue weighted by molar-refractivity contribution is 5.96. The number of aromatic nitrogens is 2. The molecule has 0 fully saturated rings. The van der Waals surface area contributed by atoms with Crippen molar-refractivity contribution in [3.63, 3.8) is 0 Å². The highest BCUT2D eigenvalue weighted by atomic mass is 19.1. The molecule has 2 rings (SSSR count). The van der Waals surface area contributed by atoms with Crippen LogP contribution < -0.4 is 5.73 Å². The van der Waals surface area contributed by atoms with E-state index < -0.39 is 6.09 Å². The second-order valence-electron chi connectivity index (χ2n) is 4.70. The number of amides is 2. The van der Waals surface area contributed by atoms with Crippen LogP contribution in [0, 0.1) is 0 Å². The summed E-state index contributed by atoms with van der Waals surface area (Å²) in [5.41, 5.74) is 6.28. The molecule has 0 saturated carbocycles. The maximum Gasteiger partial charge on any atom is 0.404 e. The number of halogens is 1. The summed E-state index contributed by atoms with van der Waals surface area (Å²) in [5.74, 6) is -0.0656. The molecular weight excluding hydrogens is 279 g/mol. The van der Waals surface area contributed by atoms with E-state index in [-0.39, 0.29) is 24.6 Å². The molecule has 8 heteroatoms. The number of primary amides is 1. The van der Waals surface area contributed by atoms with Gasteiger partial charge in [0.05, 0.1) is 24.1 Å². The Bertz CT molecular complexity index is 582. The predicted molar refractivity (Wildman–Crippen MR) is 72.2 cm³/mol. The number of fused-ring (bicyclic) bond motifs is 1. The summed E-state index contributed by atoms with van der Waals surface area (Å²) in [7, 11) is 0. The smallest absolute Gasteiger partial charge is 0.404 e. The Morgan fingerprint density at radius 1 is 1.62 bits per heavy atom. The van der Waals surface area contributed by atoms with Gasteiger partial charge in [-0.3, -0.25) is 9.48 Å². The second kappa shape index (κ2) is 6.38. The Labute approximate surface area is 121 Å². The molecule has 1 aliphatic rings. The van der Waals surface area contributed by atoms with Crippen molar-refractivity contribution >= 4 is 12.0 Å². The van der Waals surface area contributed by atoms with Crippen molar-refractivity contribution in [3.8, 4) is 0 Å². The summed E-state index contributed by atoms with van der Waals surface area (Å²) in [6, 6.07) is 0. The SMILES string of the molecule is CCN1CCc2nn(CC(=CF)COC(N)=O)cc2C1=O. The van der Waals surface area contributed by atoms with Crippen LogP contribution in [0.3, 0.4) is 0 Å². The number of hydrogen-bond acceptors (Lipinski definition) is 4. The molecule has 0 spiro atoms. The lowest BCUT2D eigenvalue weighted by molar-refractivity contribution is 0.0748. The van der Waals surface area contributed by atoms with Gasteiger partial charge in [0.25, 0.3) is 5.91 Å². The van der Waals surface area contributed by atoms with Crippen molar-refractivity contribution in [2.45, 2.75) is 19.9 Å². The standard InChI is InChI=1S/C13H17FN4O3/c1-2-17-4-3-11-10(12(17)19)7-18(16-11)6-9(5-14)8-21-13(15)20/h5,7H,2-4,6,8H2,1H3,(H2,15,20). The fourth-order valence-electron chi connectivity index (χ4n) is 2.20. The molecule has 114 valence electrons. The van der Waals surface area contributed by atoms with Crippen molar-refractivity contribution in [1.82, 2.24) is 14.7 Å². The number of carbonyl (C=O) groups excluding carboxylic acids is 2. The number of hydrogen-bond donors (Lipinski definition) is 1.